The zero-order chi connectivity index (χ0) is 15.3. The van der Waals surface area contributed by atoms with Gasteiger partial charge >= 0.3 is 5.97 Å². The topological polar surface area (TPSA) is 44.8 Å². The zero-order valence-corrected chi connectivity index (χ0v) is 13.6. The van der Waals surface area contributed by atoms with Gasteiger partial charge in [0.25, 0.3) is 0 Å². The molecule has 0 aromatic rings. The molecule has 0 aromatic heterocycles. The lowest BCUT2D eigenvalue weighted by molar-refractivity contribution is -0.147. The summed E-state index contributed by atoms with van der Waals surface area (Å²) < 4.78 is 16.1. The Labute approximate surface area is 122 Å². The molecule has 0 aliphatic heterocycles. The van der Waals surface area contributed by atoms with Crippen molar-refractivity contribution >= 4 is 5.97 Å². The Bertz CT molecular complexity index is 371. The summed E-state index contributed by atoms with van der Waals surface area (Å²) in [5.41, 5.74) is 1.93. The van der Waals surface area contributed by atoms with E-state index >= 15 is 0 Å². The molecule has 2 unspecified atom stereocenters. The van der Waals surface area contributed by atoms with Gasteiger partial charge in [0.1, 0.15) is 0 Å². The van der Waals surface area contributed by atoms with E-state index < -0.39 is 0 Å². The predicted octanol–water partition coefficient (Wildman–Crippen LogP) is 3.31. The summed E-state index contributed by atoms with van der Waals surface area (Å²) in [6, 6.07) is 0. The van der Waals surface area contributed by atoms with Crippen molar-refractivity contribution in [3.8, 4) is 0 Å². The van der Waals surface area contributed by atoms with Gasteiger partial charge in [-0.1, -0.05) is 19.4 Å². The number of carbonyl (C=O) groups excluding carboxylic acids is 1. The summed E-state index contributed by atoms with van der Waals surface area (Å²) in [4.78, 5) is 11.8. The molecule has 116 valence electrons. The molecule has 0 radical (unpaired) electrons. The minimum Gasteiger partial charge on any atom is -0.463 e. The van der Waals surface area contributed by atoms with Gasteiger partial charge in [-0.25, -0.2) is 4.79 Å². The van der Waals surface area contributed by atoms with E-state index in [1.807, 2.05) is 27.7 Å². The Morgan fingerprint density at radius 3 is 2.45 bits per heavy atom. The standard InChI is InChI=1S/C16H28O4/c1-7-18-12(4)20-10-13-9-14(16(13,5)6)11(3)15(17)19-8-2/h12-13H,7-10H2,1-6H3. The Morgan fingerprint density at radius 2 is 1.95 bits per heavy atom. The number of esters is 1. The highest BCUT2D eigenvalue weighted by molar-refractivity contribution is 5.89. The molecule has 20 heavy (non-hydrogen) atoms. The van der Waals surface area contributed by atoms with Crippen molar-refractivity contribution in [3.05, 3.63) is 11.1 Å². The third kappa shape index (κ3) is 3.83. The summed E-state index contributed by atoms with van der Waals surface area (Å²) in [6.45, 7) is 13.6. The van der Waals surface area contributed by atoms with Crippen LogP contribution in [0.2, 0.25) is 0 Å². The van der Waals surface area contributed by atoms with Gasteiger partial charge in [0.2, 0.25) is 0 Å². The van der Waals surface area contributed by atoms with Crippen LogP contribution in [-0.2, 0) is 19.0 Å². The van der Waals surface area contributed by atoms with Crippen molar-refractivity contribution < 1.29 is 19.0 Å². The molecule has 0 N–H and O–H groups in total. The summed E-state index contributed by atoms with van der Waals surface area (Å²) in [6.07, 6.45) is 0.728. The lowest BCUT2D eigenvalue weighted by Crippen LogP contribution is -2.42. The highest BCUT2D eigenvalue weighted by Crippen LogP contribution is 2.52. The molecule has 4 heteroatoms. The van der Waals surface area contributed by atoms with Gasteiger partial charge in [-0.05, 0) is 45.4 Å². The molecule has 0 bridgehead atoms. The molecular formula is C16H28O4. The molecule has 0 amide bonds. The van der Waals surface area contributed by atoms with Crippen LogP contribution in [0.3, 0.4) is 0 Å². The largest absolute Gasteiger partial charge is 0.463 e. The fourth-order valence-corrected chi connectivity index (χ4v) is 2.68. The number of allylic oxidation sites excluding steroid dienone is 1. The van der Waals surface area contributed by atoms with Crippen LogP contribution in [0.15, 0.2) is 11.1 Å². The van der Waals surface area contributed by atoms with Crippen LogP contribution >= 0.6 is 0 Å². The van der Waals surface area contributed by atoms with Crippen LogP contribution in [-0.4, -0.2) is 32.1 Å². The van der Waals surface area contributed by atoms with Crippen LogP contribution in [0.25, 0.3) is 0 Å². The average Bonchev–Trinajstić information content (AvgIpc) is 2.37. The fourth-order valence-electron chi connectivity index (χ4n) is 2.68. The van der Waals surface area contributed by atoms with Crippen molar-refractivity contribution in [3.63, 3.8) is 0 Å². The second kappa shape index (κ2) is 7.23. The first-order chi connectivity index (χ1) is 9.34. The Balaban J connectivity index is 2.58. The molecule has 1 saturated carbocycles. The number of hydrogen-bond acceptors (Lipinski definition) is 4. The third-order valence-corrected chi connectivity index (χ3v) is 4.22. The second-order valence-corrected chi connectivity index (χ2v) is 5.80. The van der Waals surface area contributed by atoms with Gasteiger partial charge in [0.05, 0.1) is 13.2 Å². The van der Waals surface area contributed by atoms with E-state index in [0.29, 0.717) is 25.7 Å². The predicted molar refractivity (Wildman–Crippen MR) is 78.3 cm³/mol. The van der Waals surface area contributed by atoms with E-state index in [-0.39, 0.29) is 17.7 Å². The minimum atomic E-state index is -0.197. The molecule has 0 saturated heterocycles. The van der Waals surface area contributed by atoms with Crippen molar-refractivity contribution in [1.29, 1.82) is 0 Å². The molecule has 1 aliphatic carbocycles. The molecule has 0 aromatic carbocycles. The smallest absolute Gasteiger partial charge is 0.333 e. The SMILES string of the molecule is CCOC(=O)C(C)=C1CC(COC(C)OCC)C1(C)C. The third-order valence-electron chi connectivity index (χ3n) is 4.22. The van der Waals surface area contributed by atoms with Crippen LogP contribution in [0, 0.1) is 11.3 Å². The van der Waals surface area contributed by atoms with E-state index in [1.165, 1.54) is 5.57 Å². The minimum absolute atomic E-state index is 0.0111. The highest BCUT2D eigenvalue weighted by atomic mass is 16.7. The molecule has 4 nitrogen and oxygen atoms in total. The van der Waals surface area contributed by atoms with E-state index in [1.54, 1.807) is 0 Å². The summed E-state index contributed by atoms with van der Waals surface area (Å²) in [5, 5.41) is 0. The maximum atomic E-state index is 11.8. The number of rotatable bonds is 7. The summed E-state index contributed by atoms with van der Waals surface area (Å²) >= 11 is 0. The van der Waals surface area contributed by atoms with Crippen molar-refractivity contribution in [1.82, 2.24) is 0 Å². The van der Waals surface area contributed by atoms with Crippen LogP contribution in [0.1, 0.15) is 48.0 Å². The number of ether oxygens (including phenoxy) is 3. The van der Waals surface area contributed by atoms with Crippen molar-refractivity contribution in [2.24, 2.45) is 11.3 Å². The molecule has 0 heterocycles. The summed E-state index contributed by atoms with van der Waals surface area (Å²) in [7, 11) is 0. The van der Waals surface area contributed by atoms with Gasteiger partial charge in [-0.15, -0.1) is 0 Å². The average molecular weight is 284 g/mol. The van der Waals surface area contributed by atoms with Gasteiger partial charge < -0.3 is 14.2 Å². The Hall–Kier alpha value is -0.870. The van der Waals surface area contributed by atoms with Crippen molar-refractivity contribution in [2.75, 3.05) is 19.8 Å². The van der Waals surface area contributed by atoms with Crippen LogP contribution < -0.4 is 0 Å². The molecular weight excluding hydrogens is 256 g/mol. The first kappa shape index (κ1) is 17.2. The lowest BCUT2D eigenvalue weighted by Gasteiger charge is -2.48. The van der Waals surface area contributed by atoms with E-state index in [0.717, 1.165) is 12.0 Å². The first-order valence-electron chi connectivity index (χ1n) is 7.45. The monoisotopic (exact) mass is 284 g/mol. The Kier molecular flexibility index (Phi) is 6.21. The van der Waals surface area contributed by atoms with Gasteiger partial charge in [0.15, 0.2) is 6.29 Å². The van der Waals surface area contributed by atoms with E-state index in [2.05, 4.69) is 13.8 Å². The zero-order valence-electron chi connectivity index (χ0n) is 13.6. The fraction of sp³-hybridized carbons (Fsp3) is 0.812. The summed E-state index contributed by atoms with van der Waals surface area (Å²) in [5.74, 6) is 0.224. The lowest BCUT2D eigenvalue weighted by atomic mass is 9.57. The highest BCUT2D eigenvalue weighted by Gasteiger charge is 2.45. The molecule has 1 fully saturated rings. The maximum Gasteiger partial charge on any atom is 0.333 e. The van der Waals surface area contributed by atoms with Crippen LogP contribution in [0.5, 0.6) is 0 Å². The normalized spacial score (nSPS) is 24.8. The van der Waals surface area contributed by atoms with Crippen molar-refractivity contribution in [2.45, 2.75) is 54.3 Å². The molecule has 1 rings (SSSR count). The number of hydrogen-bond donors (Lipinski definition) is 0. The van der Waals surface area contributed by atoms with Gasteiger partial charge in [-0.2, -0.15) is 0 Å². The number of carbonyl (C=O) groups is 1. The van der Waals surface area contributed by atoms with Gasteiger partial charge in [0, 0.05) is 12.2 Å². The Morgan fingerprint density at radius 1 is 1.30 bits per heavy atom. The molecule has 1 aliphatic rings. The maximum absolute atomic E-state index is 11.8. The quantitative estimate of drug-likeness (QED) is 0.409. The van der Waals surface area contributed by atoms with Gasteiger partial charge in [-0.3, -0.25) is 0 Å². The van der Waals surface area contributed by atoms with E-state index in [9.17, 15) is 4.79 Å². The van der Waals surface area contributed by atoms with E-state index in [4.69, 9.17) is 14.2 Å². The molecule has 2 atom stereocenters. The second-order valence-electron chi connectivity index (χ2n) is 5.80. The first-order valence-corrected chi connectivity index (χ1v) is 7.45. The van der Waals surface area contributed by atoms with Crippen LogP contribution in [0.4, 0.5) is 0 Å². The molecule has 0 spiro atoms.